The van der Waals surface area contributed by atoms with Crippen molar-refractivity contribution in [3.05, 3.63) is 58.9 Å². The van der Waals surface area contributed by atoms with Crippen molar-refractivity contribution in [2.45, 2.75) is 11.3 Å². The Morgan fingerprint density at radius 2 is 1.92 bits per heavy atom. The zero-order chi connectivity index (χ0) is 18.4. The summed E-state index contributed by atoms with van der Waals surface area (Å²) in [4.78, 5) is 17.7. The van der Waals surface area contributed by atoms with Gasteiger partial charge in [0.05, 0.1) is 12.8 Å². The fraction of sp³-hybridized carbons (Fsp3) is 0.158. The molecule has 26 heavy (non-hydrogen) atoms. The Bertz CT molecular complexity index is 864. The van der Waals surface area contributed by atoms with Gasteiger partial charge in [-0.05, 0) is 48.5 Å². The Balaban J connectivity index is 1.50. The lowest BCUT2D eigenvalue weighted by molar-refractivity contribution is -0.115. The minimum Gasteiger partial charge on any atom is -0.497 e. The minimum atomic E-state index is -0.0397. The number of ether oxygens (including phenoxy) is 1. The number of thioether (sulfide) groups is 1. The number of methoxy groups -OCH3 is 1. The zero-order valence-corrected chi connectivity index (χ0v) is 16.5. The SMILES string of the molecule is COc1ccc(-c2csc(NC(=O)CCSc3ccc(Cl)cc3)n2)cc1. The number of thiazole rings is 1. The van der Waals surface area contributed by atoms with Gasteiger partial charge in [-0.1, -0.05) is 11.6 Å². The molecule has 2 aromatic carbocycles. The first kappa shape index (κ1) is 18.8. The molecule has 0 atom stereocenters. The first-order chi connectivity index (χ1) is 12.6. The van der Waals surface area contributed by atoms with Gasteiger partial charge in [-0.15, -0.1) is 23.1 Å². The van der Waals surface area contributed by atoms with Crippen molar-refractivity contribution in [2.75, 3.05) is 18.2 Å². The number of benzene rings is 2. The Kier molecular flexibility index (Phi) is 6.55. The number of nitrogens with zero attached hydrogens (tertiary/aromatic N) is 1. The molecule has 7 heteroatoms. The average Bonchev–Trinajstić information content (AvgIpc) is 3.12. The molecule has 0 spiro atoms. The van der Waals surface area contributed by atoms with E-state index in [1.54, 1.807) is 18.9 Å². The molecule has 0 unspecified atom stereocenters. The summed E-state index contributed by atoms with van der Waals surface area (Å²) in [6.07, 6.45) is 0.421. The topological polar surface area (TPSA) is 51.2 Å². The average molecular weight is 405 g/mol. The van der Waals surface area contributed by atoms with Crippen molar-refractivity contribution in [1.29, 1.82) is 0 Å². The van der Waals surface area contributed by atoms with Crippen LogP contribution in [0.4, 0.5) is 5.13 Å². The molecular weight excluding hydrogens is 388 g/mol. The Labute approximate surface area is 165 Å². The van der Waals surface area contributed by atoms with E-state index >= 15 is 0 Å². The Hall–Kier alpha value is -2.02. The fourth-order valence-electron chi connectivity index (χ4n) is 2.20. The normalized spacial score (nSPS) is 10.5. The maximum atomic E-state index is 12.1. The molecule has 1 heterocycles. The molecule has 4 nitrogen and oxygen atoms in total. The van der Waals surface area contributed by atoms with Crippen LogP contribution in [0, 0.1) is 0 Å². The molecule has 134 valence electrons. The lowest BCUT2D eigenvalue weighted by atomic mass is 10.2. The monoisotopic (exact) mass is 404 g/mol. The second-order valence-corrected chi connectivity index (χ2v) is 7.83. The van der Waals surface area contributed by atoms with Gasteiger partial charge in [0.1, 0.15) is 5.75 Å². The molecule has 1 aromatic heterocycles. The molecule has 3 rings (SSSR count). The van der Waals surface area contributed by atoms with Crippen molar-refractivity contribution in [2.24, 2.45) is 0 Å². The lowest BCUT2D eigenvalue weighted by Gasteiger charge is -2.03. The molecule has 0 saturated heterocycles. The van der Waals surface area contributed by atoms with Gasteiger partial charge in [-0.2, -0.15) is 0 Å². The van der Waals surface area contributed by atoms with Crippen LogP contribution in [-0.4, -0.2) is 23.8 Å². The minimum absolute atomic E-state index is 0.0397. The van der Waals surface area contributed by atoms with Crippen molar-refractivity contribution in [3.63, 3.8) is 0 Å². The maximum Gasteiger partial charge on any atom is 0.226 e. The van der Waals surface area contributed by atoms with Crippen molar-refractivity contribution in [3.8, 4) is 17.0 Å². The molecule has 0 aliphatic carbocycles. The highest BCUT2D eigenvalue weighted by Crippen LogP contribution is 2.27. The largest absolute Gasteiger partial charge is 0.497 e. The van der Waals surface area contributed by atoms with Gasteiger partial charge < -0.3 is 10.1 Å². The van der Waals surface area contributed by atoms with Gasteiger partial charge in [-0.25, -0.2) is 4.98 Å². The van der Waals surface area contributed by atoms with Crippen LogP contribution in [0.1, 0.15) is 6.42 Å². The molecule has 0 bridgehead atoms. The zero-order valence-electron chi connectivity index (χ0n) is 14.1. The number of nitrogens with one attached hydrogen (secondary N) is 1. The third-order valence-electron chi connectivity index (χ3n) is 3.55. The number of rotatable bonds is 7. The number of hydrogen-bond acceptors (Lipinski definition) is 5. The van der Waals surface area contributed by atoms with E-state index in [1.165, 1.54) is 11.3 Å². The van der Waals surface area contributed by atoms with Crippen LogP contribution in [0.15, 0.2) is 58.8 Å². The maximum absolute atomic E-state index is 12.1. The number of carbonyl (C=O) groups is 1. The molecule has 0 aliphatic heterocycles. The van der Waals surface area contributed by atoms with Crippen LogP contribution in [0.3, 0.4) is 0 Å². The summed E-state index contributed by atoms with van der Waals surface area (Å²) in [7, 11) is 1.64. The van der Waals surface area contributed by atoms with Crippen molar-refractivity contribution >= 4 is 45.7 Å². The van der Waals surface area contributed by atoms with Gasteiger partial charge >= 0.3 is 0 Å². The predicted octanol–water partition coefficient (Wildman–Crippen LogP) is 5.59. The first-order valence-electron chi connectivity index (χ1n) is 7.92. The quantitative estimate of drug-likeness (QED) is 0.521. The summed E-state index contributed by atoms with van der Waals surface area (Å²) in [6.45, 7) is 0. The molecule has 1 N–H and O–H groups in total. The highest BCUT2D eigenvalue weighted by atomic mass is 35.5. The summed E-state index contributed by atoms with van der Waals surface area (Å²) < 4.78 is 5.15. The van der Waals surface area contributed by atoms with Crippen LogP contribution in [-0.2, 0) is 4.79 Å². The molecule has 0 aliphatic rings. The van der Waals surface area contributed by atoms with E-state index < -0.39 is 0 Å². The van der Waals surface area contributed by atoms with E-state index in [0.717, 1.165) is 21.9 Å². The van der Waals surface area contributed by atoms with E-state index in [1.807, 2.05) is 53.9 Å². The number of amides is 1. The van der Waals surface area contributed by atoms with Gasteiger partial charge in [0.2, 0.25) is 5.91 Å². The summed E-state index contributed by atoms with van der Waals surface area (Å²) in [5.41, 5.74) is 1.82. The van der Waals surface area contributed by atoms with E-state index in [-0.39, 0.29) is 5.91 Å². The van der Waals surface area contributed by atoms with Gasteiger partial charge in [0, 0.05) is 33.0 Å². The highest BCUT2D eigenvalue weighted by molar-refractivity contribution is 7.99. The molecular formula is C19H17ClN2O2S2. The van der Waals surface area contributed by atoms with E-state index in [9.17, 15) is 4.79 Å². The van der Waals surface area contributed by atoms with Crippen LogP contribution in [0.25, 0.3) is 11.3 Å². The van der Waals surface area contributed by atoms with E-state index in [4.69, 9.17) is 16.3 Å². The van der Waals surface area contributed by atoms with Crippen molar-refractivity contribution in [1.82, 2.24) is 4.98 Å². The number of carbonyl (C=O) groups excluding carboxylic acids is 1. The third kappa shape index (κ3) is 5.24. The number of halogens is 1. The Morgan fingerprint density at radius 3 is 2.62 bits per heavy atom. The van der Waals surface area contributed by atoms with E-state index in [2.05, 4.69) is 10.3 Å². The first-order valence-corrected chi connectivity index (χ1v) is 10.2. The summed E-state index contributed by atoms with van der Waals surface area (Å²) >= 11 is 8.91. The number of aromatic nitrogens is 1. The van der Waals surface area contributed by atoms with Gasteiger partial charge in [0.15, 0.2) is 5.13 Å². The summed E-state index contributed by atoms with van der Waals surface area (Å²) in [5.74, 6) is 1.46. The standard InChI is InChI=1S/C19H17ClN2O2S2/c1-24-15-6-2-13(3-7-15)17-12-26-19(21-17)22-18(23)10-11-25-16-8-4-14(20)5-9-16/h2-9,12H,10-11H2,1H3,(H,21,22,23). The van der Waals surface area contributed by atoms with Gasteiger partial charge in [-0.3, -0.25) is 4.79 Å². The second kappa shape index (κ2) is 9.07. The summed E-state index contributed by atoms with van der Waals surface area (Å²) in [5, 5.41) is 6.11. The second-order valence-electron chi connectivity index (χ2n) is 5.37. The Morgan fingerprint density at radius 1 is 1.19 bits per heavy atom. The van der Waals surface area contributed by atoms with Crippen LogP contribution in [0.2, 0.25) is 5.02 Å². The molecule has 0 radical (unpaired) electrons. The van der Waals surface area contributed by atoms with Crippen LogP contribution >= 0.6 is 34.7 Å². The molecule has 3 aromatic rings. The summed E-state index contributed by atoms with van der Waals surface area (Å²) in [6, 6.07) is 15.3. The van der Waals surface area contributed by atoms with Crippen LogP contribution in [0.5, 0.6) is 5.75 Å². The molecule has 0 fully saturated rings. The lowest BCUT2D eigenvalue weighted by Crippen LogP contribution is -2.11. The van der Waals surface area contributed by atoms with Crippen LogP contribution < -0.4 is 10.1 Å². The number of hydrogen-bond donors (Lipinski definition) is 1. The molecule has 1 amide bonds. The highest BCUT2D eigenvalue weighted by Gasteiger charge is 2.08. The molecule has 0 saturated carbocycles. The van der Waals surface area contributed by atoms with Crippen molar-refractivity contribution < 1.29 is 9.53 Å². The van der Waals surface area contributed by atoms with E-state index in [0.29, 0.717) is 22.3 Å². The van der Waals surface area contributed by atoms with Gasteiger partial charge in [0.25, 0.3) is 0 Å². The number of anilines is 1. The predicted molar refractivity (Wildman–Crippen MR) is 110 cm³/mol. The third-order valence-corrected chi connectivity index (χ3v) is 5.57. The fourth-order valence-corrected chi connectivity index (χ4v) is 3.91. The smallest absolute Gasteiger partial charge is 0.226 e.